The fraction of sp³-hybridized carbons (Fsp3) is 0.333. The minimum absolute atomic E-state index is 0. The first kappa shape index (κ1) is 21.2. The lowest BCUT2D eigenvalue weighted by atomic mass is 10.0. The zero-order chi connectivity index (χ0) is 16.1. The number of benzene rings is 1. The molecule has 7 heteroatoms. The Kier molecular flexibility index (Phi) is 8.69. The number of halogens is 2. The summed E-state index contributed by atoms with van der Waals surface area (Å²) >= 11 is 0. The molecule has 0 unspecified atom stereocenters. The van der Waals surface area contributed by atoms with E-state index >= 15 is 0 Å². The molecular formula is C18H23Cl2N3O2. The van der Waals surface area contributed by atoms with Gasteiger partial charge in [0.25, 0.3) is 5.91 Å². The molecule has 0 aliphatic carbocycles. The Morgan fingerprint density at radius 2 is 2.08 bits per heavy atom. The summed E-state index contributed by atoms with van der Waals surface area (Å²) in [6, 6.07) is 11.3. The van der Waals surface area contributed by atoms with Crippen molar-refractivity contribution in [1.82, 2.24) is 15.6 Å². The molecule has 2 aromatic rings. The summed E-state index contributed by atoms with van der Waals surface area (Å²) < 4.78 is 5.70. The number of nitrogens with zero attached hydrogens (tertiary/aromatic N) is 1. The second-order valence-corrected chi connectivity index (χ2v) is 5.86. The number of hydrogen-bond acceptors (Lipinski definition) is 4. The van der Waals surface area contributed by atoms with Crippen LogP contribution in [-0.2, 0) is 6.61 Å². The zero-order valence-electron chi connectivity index (χ0n) is 14.0. The first-order valence-corrected chi connectivity index (χ1v) is 7.84. The Morgan fingerprint density at radius 1 is 1.28 bits per heavy atom. The third-order valence-corrected chi connectivity index (χ3v) is 3.90. The number of rotatable bonds is 6. The predicted octanol–water partition coefficient (Wildman–Crippen LogP) is 2.76. The van der Waals surface area contributed by atoms with Gasteiger partial charge in [-0.2, -0.15) is 0 Å². The van der Waals surface area contributed by atoms with Gasteiger partial charge < -0.3 is 15.4 Å². The molecule has 0 radical (unpaired) electrons. The summed E-state index contributed by atoms with van der Waals surface area (Å²) in [6.45, 7) is 5.04. The van der Waals surface area contributed by atoms with E-state index in [4.69, 9.17) is 4.74 Å². The number of nitrogens with one attached hydrogen (secondary N) is 2. The molecule has 1 saturated heterocycles. The largest absolute Gasteiger partial charge is 0.487 e. The number of hydrogen-bond donors (Lipinski definition) is 2. The molecule has 3 rings (SSSR count). The third kappa shape index (κ3) is 6.20. The zero-order valence-corrected chi connectivity index (χ0v) is 15.7. The third-order valence-electron chi connectivity index (χ3n) is 3.90. The van der Waals surface area contributed by atoms with Crippen molar-refractivity contribution in [3.05, 3.63) is 59.4 Å². The van der Waals surface area contributed by atoms with E-state index in [2.05, 4.69) is 15.6 Å². The second-order valence-electron chi connectivity index (χ2n) is 5.86. The highest BCUT2D eigenvalue weighted by molar-refractivity contribution is 5.94. The average Bonchev–Trinajstić information content (AvgIpc) is 2.53. The summed E-state index contributed by atoms with van der Waals surface area (Å²) in [5.74, 6) is 1.25. The molecule has 1 aliphatic rings. The molecule has 2 heterocycles. The number of aromatic nitrogens is 1. The van der Waals surface area contributed by atoms with Crippen LogP contribution in [0.3, 0.4) is 0 Å². The van der Waals surface area contributed by atoms with Gasteiger partial charge in [0.05, 0.1) is 6.20 Å². The number of pyridine rings is 1. The minimum Gasteiger partial charge on any atom is -0.487 e. The van der Waals surface area contributed by atoms with Crippen molar-refractivity contribution in [2.45, 2.75) is 13.5 Å². The van der Waals surface area contributed by atoms with Crippen LogP contribution in [0.1, 0.15) is 21.6 Å². The van der Waals surface area contributed by atoms with Gasteiger partial charge in [-0.3, -0.25) is 9.78 Å². The maximum absolute atomic E-state index is 12.2. The number of carbonyl (C=O) groups is 1. The summed E-state index contributed by atoms with van der Waals surface area (Å²) in [5.41, 5.74) is 2.58. The van der Waals surface area contributed by atoms with Crippen LogP contribution in [-0.4, -0.2) is 30.5 Å². The molecular weight excluding hydrogens is 361 g/mol. The summed E-state index contributed by atoms with van der Waals surface area (Å²) in [6.07, 6.45) is 1.71. The van der Waals surface area contributed by atoms with E-state index in [9.17, 15) is 4.79 Å². The molecule has 0 atom stereocenters. The molecule has 0 bridgehead atoms. The number of amides is 1. The molecule has 0 spiro atoms. The molecule has 0 saturated carbocycles. The quantitative estimate of drug-likeness (QED) is 0.804. The molecule has 1 aliphatic heterocycles. The van der Waals surface area contributed by atoms with Crippen LogP contribution in [0.4, 0.5) is 0 Å². The van der Waals surface area contributed by atoms with Crippen molar-refractivity contribution in [2.24, 2.45) is 5.92 Å². The van der Waals surface area contributed by atoms with E-state index in [1.54, 1.807) is 6.20 Å². The van der Waals surface area contributed by atoms with Crippen molar-refractivity contribution in [1.29, 1.82) is 0 Å². The van der Waals surface area contributed by atoms with E-state index in [-0.39, 0.29) is 30.7 Å². The fourth-order valence-electron chi connectivity index (χ4n) is 2.34. The Labute approximate surface area is 160 Å². The number of aryl methyl sites for hydroxylation is 1. The monoisotopic (exact) mass is 383 g/mol. The van der Waals surface area contributed by atoms with Crippen LogP contribution >= 0.6 is 24.8 Å². The fourth-order valence-corrected chi connectivity index (χ4v) is 2.34. The summed E-state index contributed by atoms with van der Waals surface area (Å²) in [5, 5.41) is 6.18. The van der Waals surface area contributed by atoms with Crippen molar-refractivity contribution in [3.63, 3.8) is 0 Å². The van der Waals surface area contributed by atoms with Gasteiger partial charge >= 0.3 is 0 Å². The predicted molar refractivity (Wildman–Crippen MR) is 103 cm³/mol. The van der Waals surface area contributed by atoms with Gasteiger partial charge in [0.1, 0.15) is 12.4 Å². The maximum Gasteiger partial charge on any atom is 0.251 e. The molecule has 1 aromatic carbocycles. The Balaban J connectivity index is 0.00000156. The van der Waals surface area contributed by atoms with E-state index in [0.717, 1.165) is 36.6 Å². The highest BCUT2D eigenvalue weighted by Gasteiger charge is 2.17. The van der Waals surface area contributed by atoms with Crippen molar-refractivity contribution in [2.75, 3.05) is 19.6 Å². The van der Waals surface area contributed by atoms with Crippen LogP contribution in [0.15, 0.2) is 42.6 Å². The molecule has 1 fully saturated rings. The van der Waals surface area contributed by atoms with E-state index in [1.807, 2.05) is 43.3 Å². The van der Waals surface area contributed by atoms with Crippen LogP contribution in [0.2, 0.25) is 0 Å². The van der Waals surface area contributed by atoms with Gasteiger partial charge in [-0.1, -0.05) is 12.1 Å². The lowest BCUT2D eigenvalue weighted by Crippen LogP contribution is -2.48. The van der Waals surface area contributed by atoms with Crippen LogP contribution in [0.5, 0.6) is 5.75 Å². The van der Waals surface area contributed by atoms with Crippen LogP contribution < -0.4 is 15.4 Å². The smallest absolute Gasteiger partial charge is 0.251 e. The highest BCUT2D eigenvalue weighted by atomic mass is 35.5. The minimum atomic E-state index is -0.0317. The SMILES string of the molecule is Cc1ccc(OCc2cccc(C(=O)NCC3CNC3)c2)cn1.Cl.Cl. The van der Waals surface area contributed by atoms with Crippen LogP contribution in [0.25, 0.3) is 0 Å². The topological polar surface area (TPSA) is 63.2 Å². The number of carbonyl (C=O) groups excluding carboxylic acids is 1. The second kappa shape index (κ2) is 10.2. The summed E-state index contributed by atoms with van der Waals surface area (Å²) in [4.78, 5) is 16.4. The first-order valence-electron chi connectivity index (χ1n) is 7.84. The molecule has 5 nitrogen and oxygen atoms in total. The molecule has 25 heavy (non-hydrogen) atoms. The Bertz CT molecular complexity index is 676. The van der Waals surface area contributed by atoms with Crippen molar-refractivity contribution in [3.8, 4) is 5.75 Å². The average molecular weight is 384 g/mol. The first-order chi connectivity index (χ1) is 11.2. The summed E-state index contributed by atoms with van der Waals surface area (Å²) in [7, 11) is 0. The molecule has 136 valence electrons. The molecule has 1 amide bonds. The number of ether oxygens (including phenoxy) is 1. The van der Waals surface area contributed by atoms with Gasteiger partial charge in [-0.05, 0) is 36.8 Å². The van der Waals surface area contributed by atoms with Crippen LogP contribution in [0, 0.1) is 12.8 Å². The standard InChI is InChI=1S/C18H21N3O2.2ClH/c1-13-5-6-17(11-20-13)23-12-14-3-2-4-16(7-14)18(22)21-10-15-8-19-9-15;;/h2-7,11,15,19H,8-10,12H2,1H3,(H,21,22);2*1H. The van der Waals surface area contributed by atoms with Gasteiger partial charge in [-0.15, -0.1) is 24.8 Å². The van der Waals surface area contributed by atoms with Gasteiger partial charge in [0, 0.05) is 36.8 Å². The molecule has 2 N–H and O–H groups in total. The normalized spacial score (nSPS) is 13.0. The molecule has 1 aromatic heterocycles. The van der Waals surface area contributed by atoms with E-state index in [1.165, 1.54) is 0 Å². The highest BCUT2D eigenvalue weighted by Crippen LogP contribution is 2.13. The van der Waals surface area contributed by atoms with Gasteiger partial charge in [-0.25, -0.2) is 0 Å². The van der Waals surface area contributed by atoms with Crippen molar-refractivity contribution >= 4 is 30.7 Å². The Morgan fingerprint density at radius 3 is 2.72 bits per heavy atom. The van der Waals surface area contributed by atoms with E-state index < -0.39 is 0 Å². The van der Waals surface area contributed by atoms with Crippen molar-refractivity contribution < 1.29 is 9.53 Å². The lowest BCUT2D eigenvalue weighted by Gasteiger charge is -2.27. The maximum atomic E-state index is 12.2. The Hall–Kier alpha value is -1.82. The van der Waals surface area contributed by atoms with Gasteiger partial charge in [0.2, 0.25) is 0 Å². The van der Waals surface area contributed by atoms with E-state index in [0.29, 0.717) is 18.1 Å². The van der Waals surface area contributed by atoms with Gasteiger partial charge in [0.15, 0.2) is 0 Å². The lowest BCUT2D eigenvalue weighted by molar-refractivity contribution is 0.0942.